The van der Waals surface area contributed by atoms with Crippen molar-refractivity contribution in [3.8, 4) is 0 Å². The molecule has 2 aromatic carbocycles. The van der Waals surface area contributed by atoms with E-state index < -0.39 is 0 Å². The number of piperazine rings is 1. The van der Waals surface area contributed by atoms with Crippen LogP contribution in [0.3, 0.4) is 0 Å². The minimum absolute atomic E-state index is 0.134. The number of para-hydroxylation sites is 3. The minimum atomic E-state index is 0.134. The molecule has 0 bridgehead atoms. The first-order chi connectivity index (χ1) is 12.6. The predicted molar refractivity (Wildman–Crippen MR) is 105 cm³/mol. The van der Waals surface area contributed by atoms with Gasteiger partial charge in [-0.15, -0.1) is 0 Å². The van der Waals surface area contributed by atoms with Crippen molar-refractivity contribution >= 4 is 34.2 Å². The third-order valence-electron chi connectivity index (χ3n) is 4.96. The smallest absolute Gasteiger partial charge is 0.242 e. The van der Waals surface area contributed by atoms with Gasteiger partial charge in [-0.05, 0) is 31.2 Å². The van der Waals surface area contributed by atoms with Gasteiger partial charge in [0.1, 0.15) is 12.4 Å². The summed E-state index contributed by atoms with van der Waals surface area (Å²) in [7, 11) is 0. The first-order valence-electron chi connectivity index (χ1n) is 8.82. The second kappa shape index (κ2) is 7.00. The Morgan fingerprint density at radius 1 is 1.04 bits per heavy atom. The molecule has 5 nitrogen and oxygen atoms in total. The molecule has 0 spiro atoms. The number of rotatable bonds is 3. The molecule has 0 saturated carbocycles. The third-order valence-corrected chi connectivity index (χ3v) is 5.28. The summed E-state index contributed by atoms with van der Waals surface area (Å²) in [6.45, 7) is 5.27. The summed E-state index contributed by atoms with van der Waals surface area (Å²) in [6.07, 6.45) is 0. The number of amides is 1. The van der Waals surface area contributed by atoms with Gasteiger partial charge in [-0.2, -0.15) is 0 Å². The molecule has 0 unspecified atom stereocenters. The lowest BCUT2D eigenvalue weighted by Crippen LogP contribution is -2.49. The standard InChI is InChI=1S/C20H21ClN4O/c1-15-22-17-7-3-5-9-19(17)25(15)14-20(26)24-12-10-23(11-13-24)18-8-4-2-6-16(18)21/h2-9H,10-14H2,1H3. The fourth-order valence-electron chi connectivity index (χ4n) is 3.54. The van der Waals surface area contributed by atoms with Crippen LogP contribution in [-0.2, 0) is 11.3 Å². The first-order valence-corrected chi connectivity index (χ1v) is 9.20. The fourth-order valence-corrected chi connectivity index (χ4v) is 3.79. The molecule has 4 rings (SSSR count). The van der Waals surface area contributed by atoms with Crippen LogP contribution < -0.4 is 4.90 Å². The molecule has 134 valence electrons. The lowest BCUT2D eigenvalue weighted by molar-refractivity contribution is -0.132. The van der Waals surface area contributed by atoms with E-state index in [0.29, 0.717) is 19.6 Å². The van der Waals surface area contributed by atoms with Gasteiger partial charge in [-0.25, -0.2) is 4.98 Å². The average Bonchev–Trinajstić information content (AvgIpc) is 2.98. The number of aryl methyl sites for hydroxylation is 1. The summed E-state index contributed by atoms with van der Waals surface area (Å²) in [5, 5.41) is 0.757. The van der Waals surface area contributed by atoms with Gasteiger partial charge in [0.15, 0.2) is 0 Å². The Labute approximate surface area is 157 Å². The molecule has 0 N–H and O–H groups in total. The number of halogens is 1. The summed E-state index contributed by atoms with van der Waals surface area (Å²) in [5.74, 6) is 1.00. The maximum Gasteiger partial charge on any atom is 0.242 e. The predicted octanol–water partition coefficient (Wildman–Crippen LogP) is 3.35. The number of benzene rings is 2. The Balaban J connectivity index is 1.44. The number of carbonyl (C=O) groups is 1. The molecule has 1 aliphatic rings. The molecular formula is C20H21ClN4O. The summed E-state index contributed by atoms with van der Waals surface area (Å²) in [4.78, 5) is 21.5. The van der Waals surface area contributed by atoms with Crippen molar-refractivity contribution in [3.63, 3.8) is 0 Å². The zero-order valence-electron chi connectivity index (χ0n) is 14.7. The minimum Gasteiger partial charge on any atom is -0.367 e. The van der Waals surface area contributed by atoms with E-state index >= 15 is 0 Å². The van der Waals surface area contributed by atoms with Crippen molar-refractivity contribution in [2.75, 3.05) is 31.1 Å². The molecular weight excluding hydrogens is 348 g/mol. The molecule has 0 radical (unpaired) electrons. The topological polar surface area (TPSA) is 41.4 Å². The highest BCUT2D eigenvalue weighted by Crippen LogP contribution is 2.26. The lowest BCUT2D eigenvalue weighted by Gasteiger charge is -2.36. The monoisotopic (exact) mass is 368 g/mol. The highest BCUT2D eigenvalue weighted by atomic mass is 35.5. The van der Waals surface area contributed by atoms with Crippen LogP contribution in [-0.4, -0.2) is 46.5 Å². The number of hydrogen-bond acceptors (Lipinski definition) is 3. The summed E-state index contributed by atoms with van der Waals surface area (Å²) in [6, 6.07) is 15.8. The first kappa shape index (κ1) is 16.9. The van der Waals surface area contributed by atoms with Gasteiger partial charge < -0.3 is 14.4 Å². The molecule has 1 saturated heterocycles. The van der Waals surface area contributed by atoms with E-state index in [2.05, 4.69) is 9.88 Å². The normalized spacial score (nSPS) is 14.8. The summed E-state index contributed by atoms with van der Waals surface area (Å²) in [5.41, 5.74) is 2.98. The number of imidazole rings is 1. The van der Waals surface area contributed by atoms with E-state index in [9.17, 15) is 4.79 Å². The fraction of sp³-hybridized carbons (Fsp3) is 0.300. The molecule has 26 heavy (non-hydrogen) atoms. The van der Waals surface area contributed by atoms with Crippen LogP contribution in [0.4, 0.5) is 5.69 Å². The van der Waals surface area contributed by atoms with Gasteiger partial charge in [0.2, 0.25) is 5.91 Å². The van der Waals surface area contributed by atoms with Crippen LogP contribution in [0.25, 0.3) is 11.0 Å². The average molecular weight is 369 g/mol. The molecule has 6 heteroatoms. The molecule has 1 fully saturated rings. The van der Waals surface area contributed by atoms with Crippen LogP contribution >= 0.6 is 11.6 Å². The van der Waals surface area contributed by atoms with Crippen LogP contribution in [0.1, 0.15) is 5.82 Å². The Morgan fingerprint density at radius 2 is 1.73 bits per heavy atom. The lowest BCUT2D eigenvalue weighted by atomic mass is 10.2. The number of aromatic nitrogens is 2. The van der Waals surface area contributed by atoms with Crippen LogP contribution in [0, 0.1) is 6.92 Å². The highest BCUT2D eigenvalue weighted by Gasteiger charge is 2.23. The van der Waals surface area contributed by atoms with E-state index in [1.807, 2.05) is 64.9 Å². The number of nitrogens with zero attached hydrogens (tertiary/aromatic N) is 4. The second-order valence-electron chi connectivity index (χ2n) is 6.55. The van der Waals surface area contributed by atoms with Crippen molar-refractivity contribution in [1.29, 1.82) is 0 Å². The Kier molecular flexibility index (Phi) is 4.55. The molecule has 1 aliphatic heterocycles. The molecule has 2 heterocycles. The number of fused-ring (bicyclic) bond motifs is 1. The van der Waals surface area contributed by atoms with E-state index in [1.54, 1.807) is 0 Å². The van der Waals surface area contributed by atoms with E-state index in [-0.39, 0.29) is 5.91 Å². The van der Waals surface area contributed by atoms with Gasteiger partial charge >= 0.3 is 0 Å². The van der Waals surface area contributed by atoms with E-state index in [0.717, 1.165) is 40.7 Å². The molecule has 0 aliphatic carbocycles. The Hall–Kier alpha value is -2.53. The summed E-state index contributed by atoms with van der Waals surface area (Å²) < 4.78 is 2.00. The molecule has 1 aromatic heterocycles. The van der Waals surface area contributed by atoms with E-state index in [4.69, 9.17) is 11.6 Å². The molecule has 0 atom stereocenters. The van der Waals surface area contributed by atoms with Gasteiger partial charge in [0.05, 0.1) is 21.7 Å². The largest absolute Gasteiger partial charge is 0.367 e. The number of carbonyl (C=O) groups excluding carboxylic acids is 1. The van der Waals surface area contributed by atoms with Gasteiger partial charge in [-0.1, -0.05) is 35.9 Å². The highest BCUT2D eigenvalue weighted by molar-refractivity contribution is 6.33. The zero-order valence-corrected chi connectivity index (χ0v) is 15.5. The number of hydrogen-bond donors (Lipinski definition) is 0. The maximum absolute atomic E-state index is 12.8. The van der Waals surface area contributed by atoms with Gasteiger partial charge in [0, 0.05) is 26.2 Å². The van der Waals surface area contributed by atoms with Crippen molar-refractivity contribution in [1.82, 2.24) is 14.5 Å². The van der Waals surface area contributed by atoms with Crippen LogP contribution in [0.15, 0.2) is 48.5 Å². The quantitative estimate of drug-likeness (QED) is 0.712. The third kappa shape index (κ3) is 3.15. The molecule has 1 amide bonds. The van der Waals surface area contributed by atoms with Crippen LogP contribution in [0.5, 0.6) is 0 Å². The second-order valence-corrected chi connectivity index (χ2v) is 6.96. The van der Waals surface area contributed by atoms with Crippen molar-refractivity contribution in [3.05, 3.63) is 59.4 Å². The van der Waals surface area contributed by atoms with Crippen LogP contribution in [0.2, 0.25) is 5.02 Å². The van der Waals surface area contributed by atoms with Gasteiger partial charge in [0.25, 0.3) is 0 Å². The molecule has 3 aromatic rings. The maximum atomic E-state index is 12.8. The van der Waals surface area contributed by atoms with Crippen molar-refractivity contribution in [2.45, 2.75) is 13.5 Å². The Morgan fingerprint density at radius 3 is 2.50 bits per heavy atom. The van der Waals surface area contributed by atoms with Crippen molar-refractivity contribution < 1.29 is 4.79 Å². The number of anilines is 1. The zero-order chi connectivity index (χ0) is 18.1. The van der Waals surface area contributed by atoms with Crippen molar-refractivity contribution in [2.24, 2.45) is 0 Å². The SMILES string of the molecule is Cc1nc2ccccc2n1CC(=O)N1CCN(c2ccccc2Cl)CC1. The van der Waals surface area contributed by atoms with E-state index in [1.165, 1.54) is 0 Å². The van der Waals surface area contributed by atoms with Gasteiger partial charge in [-0.3, -0.25) is 4.79 Å². The summed E-state index contributed by atoms with van der Waals surface area (Å²) >= 11 is 6.29. The Bertz CT molecular complexity index is 944.